The molecule has 0 radical (unpaired) electrons. The average molecular weight is 309 g/mol. The van der Waals surface area contributed by atoms with E-state index in [1.54, 1.807) is 0 Å². The maximum absolute atomic E-state index is 11.5. The predicted molar refractivity (Wildman–Crippen MR) is 73.6 cm³/mol. The van der Waals surface area contributed by atoms with Crippen LogP contribution in [0.15, 0.2) is 6.07 Å². The summed E-state index contributed by atoms with van der Waals surface area (Å²) in [7, 11) is 0. The Morgan fingerprint density at radius 3 is 1.73 bits per heavy atom. The van der Waals surface area contributed by atoms with Crippen molar-refractivity contribution in [3.05, 3.63) is 17.2 Å². The summed E-state index contributed by atoms with van der Waals surface area (Å²) in [6.07, 6.45) is 0. The Morgan fingerprint density at radius 1 is 0.864 bits per heavy atom. The second-order valence-electron chi connectivity index (χ2n) is 4.35. The van der Waals surface area contributed by atoms with Gasteiger partial charge in [0.25, 0.3) is 0 Å². The van der Waals surface area contributed by atoms with Crippen LogP contribution in [0.4, 0.5) is 0 Å². The molecule has 0 bridgehead atoms. The fourth-order valence-corrected chi connectivity index (χ4v) is 1.70. The van der Waals surface area contributed by atoms with Crippen molar-refractivity contribution in [3.8, 4) is 17.2 Å². The fraction of sp³-hybridized carbons (Fsp3) is 0.286. The summed E-state index contributed by atoms with van der Waals surface area (Å²) in [5, 5.41) is 0. The van der Waals surface area contributed by atoms with Gasteiger partial charge in [-0.15, -0.1) is 0 Å². The van der Waals surface area contributed by atoms with Crippen molar-refractivity contribution in [2.24, 2.45) is 5.73 Å². The molecule has 1 rings (SSSR count). The van der Waals surface area contributed by atoms with E-state index in [2.05, 4.69) is 0 Å². The van der Waals surface area contributed by atoms with Gasteiger partial charge in [0.05, 0.1) is 0 Å². The molecule has 0 aliphatic carbocycles. The second-order valence-corrected chi connectivity index (χ2v) is 4.35. The molecule has 1 aromatic rings. The highest BCUT2D eigenvalue weighted by atomic mass is 16.6. The quantitative estimate of drug-likeness (QED) is 0.646. The Kier molecular flexibility index (Phi) is 5.23. The van der Waals surface area contributed by atoms with E-state index in [1.807, 2.05) is 0 Å². The number of primary amides is 1. The molecular weight excluding hydrogens is 294 g/mol. The maximum atomic E-state index is 11.5. The molecule has 0 aliphatic heterocycles. The van der Waals surface area contributed by atoms with Gasteiger partial charge < -0.3 is 19.9 Å². The molecule has 8 nitrogen and oxygen atoms in total. The smallest absolute Gasteiger partial charge is 0.308 e. The molecule has 0 spiro atoms. The molecule has 0 saturated heterocycles. The standard InChI is InChI=1S/C14H15NO7/c1-6-10(14(15)19)5-11(20-7(2)16)13(22-9(4)18)12(6)21-8(3)17/h5H,1-4H3,(H2,15,19). The van der Waals surface area contributed by atoms with Crippen LogP contribution in [0, 0.1) is 6.92 Å². The van der Waals surface area contributed by atoms with Crippen molar-refractivity contribution in [1.29, 1.82) is 0 Å². The number of rotatable bonds is 4. The molecule has 0 fully saturated rings. The Labute approximate surface area is 126 Å². The van der Waals surface area contributed by atoms with E-state index in [4.69, 9.17) is 19.9 Å². The van der Waals surface area contributed by atoms with Crippen LogP contribution in [0.25, 0.3) is 0 Å². The van der Waals surface area contributed by atoms with E-state index in [9.17, 15) is 19.2 Å². The fourth-order valence-electron chi connectivity index (χ4n) is 1.70. The molecule has 1 amide bonds. The first-order valence-electron chi connectivity index (χ1n) is 6.16. The van der Waals surface area contributed by atoms with Gasteiger partial charge in [0.15, 0.2) is 11.5 Å². The third-order valence-corrected chi connectivity index (χ3v) is 2.46. The van der Waals surface area contributed by atoms with Gasteiger partial charge in [-0.25, -0.2) is 0 Å². The minimum absolute atomic E-state index is 0.0385. The molecule has 2 N–H and O–H groups in total. The maximum Gasteiger partial charge on any atom is 0.308 e. The van der Waals surface area contributed by atoms with E-state index >= 15 is 0 Å². The summed E-state index contributed by atoms with van der Waals surface area (Å²) in [4.78, 5) is 45.1. The molecular formula is C14H15NO7. The summed E-state index contributed by atoms with van der Waals surface area (Å²) >= 11 is 0. The monoisotopic (exact) mass is 309 g/mol. The summed E-state index contributed by atoms with van der Waals surface area (Å²) in [5.41, 5.74) is 5.37. The number of ether oxygens (including phenoxy) is 3. The van der Waals surface area contributed by atoms with Crippen molar-refractivity contribution in [2.75, 3.05) is 0 Å². The van der Waals surface area contributed by atoms with Gasteiger partial charge in [-0.2, -0.15) is 0 Å². The highest BCUT2D eigenvalue weighted by molar-refractivity contribution is 5.97. The van der Waals surface area contributed by atoms with Gasteiger partial charge in [-0.05, 0) is 13.0 Å². The zero-order chi connectivity index (χ0) is 17.0. The molecule has 118 valence electrons. The van der Waals surface area contributed by atoms with Gasteiger partial charge >= 0.3 is 17.9 Å². The summed E-state index contributed by atoms with van der Waals surface area (Å²) < 4.78 is 14.8. The number of carbonyl (C=O) groups excluding carboxylic acids is 4. The normalized spacial score (nSPS) is 9.82. The van der Waals surface area contributed by atoms with Crippen LogP contribution in [0.5, 0.6) is 17.2 Å². The van der Waals surface area contributed by atoms with Crippen molar-refractivity contribution >= 4 is 23.8 Å². The van der Waals surface area contributed by atoms with E-state index in [-0.39, 0.29) is 28.4 Å². The lowest BCUT2D eigenvalue weighted by molar-refractivity contribution is -0.135. The van der Waals surface area contributed by atoms with Gasteiger partial charge in [0, 0.05) is 31.9 Å². The third-order valence-electron chi connectivity index (χ3n) is 2.46. The zero-order valence-corrected chi connectivity index (χ0v) is 12.5. The van der Waals surface area contributed by atoms with Gasteiger partial charge in [0.1, 0.15) is 0 Å². The van der Waals surface area contributed by atoms with Crippen LogP contribution in [-0.4, -0.2) is 23.8 Å². The van der Waals surface area contributed by atoms with Crippen LogP contribution in [0.3, 0.4) is 0 Å². The molecule has 0 atom stereocenters. The van der Waals surface area contributed by atoms with E-state index in [0.717, 1.165) is 26.8 Å². The number of carbonyl (C=O) groups is 4. The van der Waals surface area contributed by atoms with E-state index in [0.29, 0.717) is 0 Å². The van der Waals surface area contributed by atoms with Crippen molar-refractivity contribution in [1.82, 2.24) is 0 Å². The van der Waals surface area contributed by atoms with Crippen molar-refractivity contribution < 1.29 is 33.4 Å². The molecule has 0 heterocycles. The lowest BCUT2D eigenvalue weighted by Gasteiger charge is -2.17. The molecule has 0 unspecified atom stereocenters. The van der Waals surface area contributed by atoms with Crippen LogP contribution in [0.2, 0.25) is 0 Å². The topological polar surface area (TPSA) is 122 Å². The Balaban J connectivity index is 3.67. The Morgan fingerprint density at radius 2 is 1.32 bits per heavy atom. The van der Waals surface area contributed by atoms with Gasteiger partial charge in [-0.1, -0.05) is 0 Å². The SMILES string of the molecule is CC(=O)Oc1cc(C(N)=O)c(C)c(OC(C)=O)c1OC(C)=O. The second kappa shape index (κ2) is 6.70. The number of benzene rings is 1. The predicted octanol–water partition coefficient (Wildman–Crippen LogP) is 0.870. The number of hydrogen-bond acceptors (Lipinski definition) is 7. The third kappa shape index (κ3) is 4.05. The number of esters is 3. The van der Waals surface area contributed by atoms with Crippen LogP contribution in [-0.2, 0) is 14.4 Å². The lowest BCUT2D eigenvalue weighted by atomic mass is 10.1. The highest BCUT2D eigenvalue weighted by Gasteiger charge is 2.25. The minimum Gasteiger partial charge on any atom is -0.423 e. The molecule has 22 heavy (non-hydrogen) atoms. The number of hydrogen-bond donors (Lipinski definition) is 1. The van der Waals surface area contributed by atoms with Crippen LogP contribution >= 0.6 is 0 Å². The molecule has 0 saturated carbocycles. The Hall–Kier alpha value is -2.90. The van der Waals surface area contributed by atoms with E-state index < -0.39 is 23.8 Å². The average Bonchev–Trinajstić information content (AvgIpc) is 2.35. The zero-order valence-electron chi connectivity index (χ0n) is 12.5. The molecule has 8 heteroatoms. The van der Waals surface area contributed by atoms with E-state index in [1.165, 1.54) is 6.92 Å². The van der Waals surface area contributed by atoms with Gasteiger partial charge in [-0.3, -0.25) is 19.2 Å². The van der Waals surface area contributed by atoms with Crippen molar-refractivity contribution in [3.63, 3.8) is 0 Å². The summed E-state index contributed by atoms with van der Waals surface area (Å²) in [5.74, 6) is -3.73. The number of nitrogens with two attached hydrogens (primary N) is 1. The van der Waals surface area contributed by atoms with Crippen LogP contribution in [0.1, 0.15) is 36.7 Å². The highest BCUT2D eigenvalue weighted by Crippen LogP contribution is 2.42. The first-order valence-corrected chi connectivity index (χ1v) is 6.16. The molecule has 0 aliphatic rings. The number of amides is 1. The van der Waals surface area contributed by atoms with Crippen LogP contribution < -0.4 is 19.9 Å². The first-order chi connectivity index (χ1) is 10.1. The molecule has 0 aromatic heterocycles. The largest absolute Gasteiger partial charge is 0.423 e. The lowest BCUT2D eigenvalue weighted by Crippen LogP contribution is -2.17. The van der Waals surface area contributed by atoms with Gasteiger partial charge in [0.2, 0.25) is 11.7 Å². The molecule has 1 aromatic carbocycles. The Bertz CT molecular complexity index is 664. The summed E-state index contributed by atoms with van der Waals surface area (Å²) in [6, 6.07) is 1.14. The minimum atomic E-state index is -0.825. The van der Waals surface area contributed by atoms with Crippen molar-refractivity contribution in [2.45, 2.75) is 27.7 Å². The first kappa shape index (κ1) is 17.2. The summed E-state index contributed by atoms with van der Waals surface area (Å²) in [6.45, 7) is 4.81.